The van der Waals surface area contributed by atoms with Crippen molar-refractivity contribution in [2.75, 3.05) is 5.73 Å². The van der Waals surface area contributed by atoms with Crippen molar-refractivity contribution < 1.29 is 4.79 Å². The fourth-order valence-corrected chi connectivity index (χ4v) is 3.84. The van der Waals surface area contributed by atoms with E-state index in [1.807, 2.05) is 18.2 Å². The highest BCUT2D eigenvalue weighted by atomic mass is 32.1. The van der Waals surface area contributed by atoms with E-state index >= 15 is 0 Å². The van der Waals surface area contributed by atoms with Crippen LogP contribution < -0.4 is 11.1 Å². The number of carbonyl (C=O) groups is 1. The minimum atomic E-state index is 0.0174. The van der Waals surface area contributed by atoms with Gasteiger partial charge in [-0.05, 0) is 49.8 Å². The van der Waals surface area contributed by atoms with Crippen molar-refractivity contribution >= 4 is 32.6 Å². The second-order valence-electron chi connectivity index (χ2n) is 5.83. The van der Waals surface area contributed by atoms with Gasteiger partial charge in [0.25, 0.3) is 5.91 Å². The minimum Gasteiger partial charge on any atom is -0.375 e. The Labute approximate surface area is 128 Å². The van der Waals surface area contributed by atoms with E-state index in [1.165, 1.54) is 30.6 Å². The number of nitrogens with zero attached hydrogens (tertiary/aromatic N) is 1. The lowest BCUT2D eigenvalue weighted by Crippen LogP contribution is -2.37. The van der Waals surface area contributed by atoms with Gasteiger partial charge in [-0.3, -0.25) is 4.79 Å². The quantitative estimate of drug-likeness (QED) is 0.910. The monoisotopic (exact) mass is 303 g/mol. The predicted octanol–water partition coefficient (Wildman–Crippen LogP) is 3.58. The van der Waals surface area contributed by atoms with Gasteiger partial charge in [-0.2, -0.15) is 0 Å². The van der Waals surface area contributed by atoms with E-state index in [0.717, 1.165) is 29.0 Å². The molecular weight excluding hydrogens is 282 g/mol. The maximum absolute atomic E-state index is 12.4. The van der Waals surface area contributed by atoms with Crippen LogP contribution in [0.5, 0.6) is 0 Å². The number of anilines is 1. The molecule has 1 fully saturated rings. The van der Waals surface area contributed by atoms with Crippen molar-refractivity contribution in [3.63, 3.8) is 0 Å². The molecule has 1 heterocycles. The second kappa shape index (κ2) is 6.02. The molecule has 0 aliphatic heterocycles. The number of nitrogens with one attached hydrogen (secondary N) is 1. The number of nitrogens with two attached hydrogens (primary N) is 1. The first-order valence-corrected chi connectivity index (χ1v) is 8.44. The molecule has 5 heteroatoms. The predicted molar refractivity (Wildman–Crippen MR) is 87.5 cm³/mol. The molecule has 0 unspecified atom stereocenters. The second-order valence-corrected chi connectivity index (χ2v) is 6.90. The van der Waals surface area contributed by atoms with E-state index < -0.39 is 0 Å². The maximum Gasteiger partial charge on any atom is 0.251 e. The van der Waals surface area contributed by atoms with Crippen LogP contribution in [-0.4, -0.2) is 16.9 Å². The first-order chi connectivity index (χ1) is 10.2. The lowest BCUT2D eigenvalue weighted by Gasteiger charge is -2.28. The SMILES string of the molecule is CCC1CCC(NC(=O)c2ccc3nc(N)sc3c2)CC1. The van der Waals surface area contributed by atoms with Crippen LogP contribution in [0, 0.1) is 5.92 Å². The summed E-state index contributed by atoms with van der Waals surface area (Å²) in [5.74, 6) is 0.860. The molecule has 1 amide bonds. The molecule has 0 atom stereocenters. The van der Waals surface area contributed by atoms with Gasteiger partial charge in [-0.15, -0.1) is 0 Å². The van der Waals surface area contributed by atoms with Crippen molar-refractivity contribution in [1.29, 1.82) is 0 Å². The van der Waals surface area contributed by atoms with Crippen LogP contribution in [0.3, 0.4) is 0 Å². The van der Waals surface area contributed by atoms with Crippen LogP contribution in [0.25, 0.3) is 10.2 Å². The molecule has 0 spiro atoms. The first kappa shape index (κ1) is 14.3. The minimum absolute atomic E-state index is 0.0174. The van der Waals surface area contributed by atoms with Crippen molar-refractivity contribution in [2.45, 2.75) is 45.1 Å². The summed E-state index contributed by atoms with van der Waals surface area (Å²) >= 11 is 1.42. The summed E-state index contributed by atoms with van der Waals surface area (Å²) < 4.78 is 0.967. The number of thiazole rings is 1. The highest BCUT2D eigenvalue weighted by Gasteiger charge is 2.21. The van der Waals surface area contributed by atoms with Gasteiger partial charge in [0, 0.05) is 11.6 Å². The average Bonchev–Trinajstić information content (AvgIpc) is 2.87. The van der Waals surface area contributed by atoms with Crippen molar-refractivity contribution in [3.05, 3.63) is 23.8 Å². The summed E-state index contributed by atoms with van der Waals surface area (Å²) in [6, 6.07) is 5.90. The molecule has 1 aromatic carbocycles. The van der Waals surface area contributed by atoms with Crippen LogP contribution in [0.2, 0.25) is 0 Å². The number of benzene rings is 1. The maximum atomic E-state index is 12.4. The molecule has 1 aliphatic carbocycles. The summed E-state index contributed by atoms with van der Waals surface area (Å²) in [6.45, 7) is 2.25. The number of carbonyl (C=O) groups excluding carboxylic acids is 1. The summed E-state index contributed by atoms with van der Waals surface area (Å²) in [6.07, 6.45) is 5.90. The molecular formula is C16H21N3OS. The molecule has 1 saturated carbocycles. The Balaban J connectivity index is 1.66. The highest BCUT2D eigenvalue weighted by molar-refractivity contribution is 7.22. The molecule has 0 bridgehead atoms. The van der Waals surface area contributed by atoms with Gasteiger partial charge in [0.2, 0.25) is 0 Å². The van der Waals surface area contributed by atoms with Gasteiger partial charge in [-0.25, -0.2) is 4.98 Å². The van der Waals surface area contributed by atoms with Crippen LogP contribution in [-0.2, 0) is 0 Å². The standard InChI is InChI=1S/C16H21N3OS/c1-2-10-3-6-12(7-4-10)18-15(20)11-5-8-13-14(9-11)21-16(17)19-13/h5,8-10,12H,2-4,6-7H2,1H3,(H2,17,19)(H,18,20). The van der Waals surface area contributed by atoms with E-state index in [1.54, 1.807) is 0 Å². The molecule has 0 saturated heterocycles. The Kier molecular flexibility index (Phi) is 4.10. The van der Waals surface area contributed by atoms with E-state index in [0.29, 0.717) is 16.7 Å². The van der Waals surface area contributed by atoms with Crippen LogP contribution in [0.15, 0.2) is 18.2 Å². The zero-order valence-electron chi connectivity index (χ0n) is 12.3. The van der Waals surface area contributed by atoms with Gasteiger partial charge in [0.15, 0.2) is 5.13 Å². The van der Waals surface area contributed by atoms with Crippen molar-refractivity contribution in [2.24, 2.45) is 5.92 Å². The van der Waals surface area contributed by atoms with E-state index in [-0.39, 0.29) is 5.91 Å². The Morgan fingerprint density at radius 1 is 1.38 bits per heavy atom. The van der Waals surface area contributed by atoms with Gasteiger partial charge in [0.1, 0.15) is 0 Å². The average molecular weight is 303 g/mol. The van der Waals surface area contributed by atoms with E-state index in [4.69, 9.17) is 5.73 Å². The molecule has 112 valence electrons. The van der Waals surface area contributed by atoms with E-state index in [2.05, 4.69) is 17.2 Å². The molecule has 21 heavy (non-hydrogen) atoms. The molecule has 0 radical (unpaired) electrons. The zero-order chi connectivity index (χ0) is 14.8. The van der Waals surface area contributed by atoms with Crippen molar-refractivity contribution in [3.8, 4) is 0 Å². The smallest absolute Gasteiger partial charge is 0.251 e. The van der Waals surface area contributed by atoms with Gasteiger partial charge in [0.05, 0.1) is 10.2 Å². The van der Waals surface area contributed by atoms with Gasteiger partial charge in [-0.1, -0.05) is 24.7 Å². The number of hydrogen-bond acceptors (Lipinski definition) is 4. The molecule has 4 nitrogen and oxygen atoms in total. The third-order valence-corrected chi connectivity index (χ3v) is 5.27. The molecule has 3 rings (SSSR count). The third-order valence-electron chi connectivity index (χ3n) is 4.43. The molecule has 1 aromatic heterocycles. The third kappa shape index (κ3) is 3.18. The summed E-state index contributed by atoms with van der Waals surface area (Å²) in [7, 11) is 0. The number of fused-ring (bicyclic) bond motifs is 1. The molecule has 1 aliphatic rings. The number of nitrogen functional groups attached to an aromatic ring is 1. The normalized spacial score (nSPS) is 22.3. The van der Waals surface area contributed by atoms with Crippen LogP contribution in [0.4, 0.5) is 5.13 Å². The summed E-state index contributed by atoms with van der Waals surface area (Å²) in [5, 5.41) is 3.71. The Morgan fingerprint density at radius 2 is 2.14 bits per heavy atom. The largest absolute Gasteiger partial charge is 0.375 e. The Hall–Kier alpha value is -1.62. The van der Waals surface area contributed by atoms with Crippen LogP contribution >= 0.6 is 11.3 Å². The lowest BCUT2D eigenvalue weighted by molar-refractivity contribution is 0.0922. The number of amides is 1. The molecule has 2 aromatic rings. The fourth-order valence-electron chi connectivity index (χ4n) is 3.07. The number of hydrogen-bond donors (Lipinski definition) is 2. The highest BCUT2D eigenvalue weighted by Crippen LogP contribution is 2.27. The fraction of sp³-hybridized carbons (Fsp3) is 0.500. The number of aromatic nitrogens is 1. The zero-order valence-corrected chi connectivity index (χ0v) is 13.1. The summed E-state index contributed by atoms with van der Waals surface area (Å²) in [5.41, 5.74) is 7.26. The van der Waals surface area contributed by atoms with E-state index in [9.17, 15) is 4.79 Å². The molecule has 3 N–H and O–H groups in total. The van der Waals surface area contributed by atoms with Crippen molar-refractivity contribution in [1.82, 2.24) is 10.3 Å². The lowest BCUT2D eigenvalue weighted by atomic mass is 9.84. The van der Waals surface area contributed by atoms with Gasteiger partial charge >= 0.3 is 0 Å². The Bertz CT molecular complexity index is 644. The van der Waals surface area contributed by atoms with Crippen LogP contribution in [0.1, 0.15) is 49.4 Å². The first-order valence-electron chi connectivity index (χ1n) is 7.62. The number of rotatable bonds is 3. The topological polar surface area (TPSA) is 68.0 Å². The Morgan fingerprint density at radius 3 is 2.86 bits per heavy atom. The summed E-state index contributed by atoms with van der Waals surface area (Å²) in [4.78, 5) is 16.6. The van der Waals surface area contributed by atoms with Gasteiger partial charge < -0.3 is 11.1 Å².